The molecule has 4 rings (SSSR count). The molecule has 38 heavy (non-hydrogen) atoms. The molecule has 1 heterocycles. The van der Waals surface area contributed by atoms with E-state index in [0.717, 1.165) is 24.0 Å². The van der Waals surface area contributed by atoms with Gasteiger partial charge < -0.3 is 20.1 Å². The van der Waals surface area contributed by atoms with Crippen molar-refractivity contribution in [2.45, 2.75) is 32.7 Å². The summed E-state index contributed by atoms with van der Waals surface area (Å²) in [5.41, 5.74) is 8.22. The Hall–Kier alpha value is -4.13. The minimum Gasteiger partial charge on any atom is -0.491 e. The highest BCUT2D eigenvalue weighted by Gasteiger charge is 2.59. The van der Waals surface area contributed by atoms with Gasteiger partial charge >= 0.3 is 5.97 Å². The van der Waals surface area contributed by atoms with Crippen molar-refractivity contribution in [2.24, 2.45) is 17.1 Å². The van der Waals surface area contributed by atoms with Gasteiger partial charge in [-0.05, 0) is 48.6 Å². The molecule has 0 aliphatic carbocycles. The number of methoxy groups -OCH3 is 1. The van der Waals surface area contributed by atoms with Crippen LogP contribution in [-0.4, -0.2) is 48.9 Å². The molecular weight excluding hydrogens is 478 g/mol. The molecule has 0 radical (unpaired) electrons. The zero-order valence-corrected chi connectivity index (χ0v) is 22.1. The van der Waals surface area contributed by atoms with Gasteiger partial charge in [-0.1, -0.05) is 73.7 Å². The normalized spacial score (nSPS) is 20.8. The number of rotatable bonds is 10. The lowest BCUT2D eigenvalue weighted by molar-refractivity contribution is -0.159. The molecule has 0 spiro atoms. The molecule has 3 N–H and O–H groups in total. The van der Waals surface area contributed by atoms with E-state index in [1.165, 1.54) is 12.7 Å². The van der Waals surface area contributed by atoms with E-state index in [2.05, 4.69) is 12.1 Å². The van der Waals surface area contributed by atoms with Gasteiger partial charge in [0.2, 0.25) is 5.91 Å². The Morgan fingerprint density at radius 2 is 1.61 bits per heavy atom. The minimum atomic E-state index is -1.24. The van der Waals surface area contributed by atoms with Crippen LogP contribution in [0.1, 0.15) is 31.4 Å². The number of aryl methyl sites for hydroxylation is 1. The van der Waals surface area contributed by atoms with Crippen LogP contribution < -0.4 is 10.5 Å². The number of carbonyl (C=O) groups excluding carboxylic acids is 2. The van der Waals surface area contributed by atoms with Crippen LogP contribution >= 0.6 is 0 Å². The largest absolute Gasteiger partial charge is 0.491 e. The zero-order chi connectivity index (χ0) is 27.3. The van der Waals surface area contributed by atoms with Gasteiger partial charge in [0.15, 0.2) is 0 Å². The molecule has 3 atom stereocenters. The van der Waals surface area contributed by atoms with E-state index in [1.807, 2.05) is 73.7 Å². The lowest BCUT2D eigenvalue weighted by Crippen LogP contribution is -2.41. The van der Waals surface area contributed by atoms with Crippen molar-refractivity contribution in [2.75, 3.05) is 20.3 Å². The molecule has 3 aromatic carbocycles. The summed E-state index contributed by atoms with van der Waals surface area (Å²) >= 11 is 0. The van der Waals surface area contributed by atoms with Crippen molar-refractivity contribution in [1.29, 1.82) is 5.41 Å². The Morgan fingerprint density at radius 3 is 2.18 bits per heavy atom. The highest BCUT2D eigenvalue weighted by atomic mass is 16.5. The average Bonchev–Trinajstić information content (AvgIpc) is 3.13. The maximum Gasteiger partial charge on any atom is 0.321 e. The number of amides is 1. The topological polar surface area (TPSA) is 106 Å². The second kappa shape index (κ2) is 11.5. The number of ether oxygens (including phenoxy) is 2. The smallest absolute Gasteiger partial charge is 0.321 e. The van der Waals surface area contributed by atoms with E-state index in [1.54, 1.807) is 11.8 Å². The summed E-state index contributed by atoms with van der Waals surface area (Å²) in [7, 11) is 1.33. The van der Waals surface area contributed by atoms with Crippen LogP contribution in [0.5, 0.6) is 5.75 Å². The molecule has 7 nitrogen and oxygen atoms in total. The van der Waals surface area contributed by atoms with Crippen molar-refractivity contribution in [3.8, 4) is 16.9 Å². The molecule has 1 fully saturated rings. The van der Waals surface area contributed by atoms with Gasteiger partial charge in [-0.15, -0.1) is 0 Å². The van der Waals surface area contributed by atoms with Crippen molar-refractivity contribution in [1.82, 2.24) is 4.90 Å². The Labute approximate surface area is 224 Å². The molecule has 1 saturated heterocycles. The monoisotopic (exact) mass is 513 g/mol. The maximum atomic E-state index is 13.5. The number of nitrogens with one attached hydrogen (secondary N) is 1. The van der Waals surface area contributed by atoms with E-state index in [0.29, 0.717) is 17.9 Å². The van der Waals surface area contributed by atoms with Crippen molar-refractivity contribution < 1.29 is 19.1 Å². The number of nitrogen functional groups attached to an aromatic ring is 1. The number of hydrogen-bond donors (Lipinski definition) is 2. The van der Waals surface area contributed by atoms with Crippen molar-refractivity contribution in [3.05, 3.63) is 90.0 Å². The number of esters is 1. The zero-order valence-electron chi connectivity index (χ0n) is 22.1. The lowest BCUT2D eigenvalue weighted by Gasteiger charge is -2.27. The summed E-state index contributed by atoms with van der Waals surface area (Å²) in [6.07, 6.45) is 1.63. The molecule has 1 aliphatic rings. The third kappa shape index (κ3) is 5.42. The summed E-state index contributed by atoms with van der Waals surface area (Å²) in [6.45, 7) is 4.42. The van der Waals surface area contributed by atoms with Crippen molar-refractivity contribution >= 4 is 17.7 Å². The van der Waals surface area contributed by atoms with Crippen LogP contribution in [-0.2, 0) is 20.7 Å². The predicted octanol–water partition coefficient (Wildman–Crippen LogP) is 4.68. The first-order valence-electron chi connectivity index (χ1n) is 12.9. The van der Waals surface area contributed by atoms with Gasteiger partial charge in [-0.2, -0.15) is 0 Å². The van der Waals surface area contributed by atoms with Crippen LogP contribution in [0.2, 0.25) is 0 Å². The van der Waals surface area contributed by atoms with Gasteiger partial charge in [-0.25, -0.2) is 0 Å². The highest BCUT2D eigenvalue weighted by molar-refractivity contribution is 6.04. The van der Waals surface area contributed by atoms with E-state index < -0.39 is 11.4 Å². The third-order valence-corrected chi connectivity index (χ3v) is 7.71. The van der Waals surface area contributed by atoms with Crippen molar-refractivity contribution in [3.63, 3.8) is 0 Å². The Kier molecular flexibility index (Phi) is 8.15. The first-order chi connectivity index (χ1) is 18.3. The van der Waals surface area contributed by atoms with E-state index in [-0.39, 0.29) is 30.3 Å². The number of likely N-dealkylation sites (tertiary alicyclic amines) is 1. The number of benzene rings is 3. The Balaban J connectivity index is 1.46. The second-order valence-corrected chi connectivity index (χ2v) is 9.96. The van der Waals surface area contributed by atoms with Crippen LogP contribution in [0.3, 0.4) is 0 Å². The summed E-state index contributed by atoms with van der Waals surface area (Å²) in [5.74, 6) is -0.270. The van der Waals surface area contributed by atoms with Crippen LogP contribution in [0.4, 0.5) is 0 Å². The molecular formula is C31H35N3O4. The number of nitrogens with two attached hydrogens (primary N) is 1. The Morgan fingerprint density at radius 1 is 1.00 bits per heavy atom. The Bertz CT molecular complexity index is 1270. The van der Waals surface area contributed by atoms with Crippen LogP contribution in [0.25, 0.3) is 11.1 Å². The van der Waals surface area contributed by atoms with Gasteiger partial charge in [0.1, 0.15) is 23.6 Å². The first kappa shape index (κ1) is 26.9. The van der Waals surface area contributed by atoms with E-state index in [9.17, 15) is 9.59 Å². The number of nitrogens with zero attached hydrogens (tertiary/aromatic N) is 1. The fourth-order valence-electron chi connectivity index (χ4n) is 5.15. The quantitative estimate of drug-likeness (QED) is 0.177. The molecule has 1 unspecified atom stereocenters. The molecule has 0 aromatic heterocycles. The first-order valence-corrected chi connectivity index (χ1v) is 12.9. The van der Waals surface area contributed by atoms with Gasteiger partial charge in [0.05, 0.1) is 13.2 Å². The number of carbonyl (C=O) groups is 2. The molecule has 0 saturated carbocycles. The third-order valence-electron chi connectivity index (χ3n) is 7.71. The van der Waals surface area contributed by atoms with Gasteiger partial charge in [0.25, 0.3) is 0 Å². The summed E-state index contributed by atoms with van der Waals surface area (Å²) in [5, 5.41) is 7.54. The molecule has 1 aliphatic heterocycles. The lowest BCUT2D eigenvalue weighted by atomic mass is 9.78. The molecule has 7 heteroatoms. The van der Waals surface area contributed by atoms with Gasteiger partial charge in [0, 0.05) is 18.0 Å². The fraction of sp³-hybridized carbons (Fsp3) is 0.323. The van der Waals surface area contributed by atoms with E-state index >= 15 is 0 Å². The SMILES string of the molecule is COC(=O)[C@]1(C)C(=O)N(CCCc2ccccc2)[C@H](COc2ccc(-c3ccc(C(=N)N)cc3)cc2)C1C. The number of amidine groups is 1. The highest BCUT2D eigenvalue weighted by Crippen LogP contribution is 2.42. The fourth-order valence-corrected chi connectivity index (χ4v) is 5.15. The molecule has 3 aromatic rings. The average molecular weight is 514 g/mol. The molecule has 0 bridgehead atoms. The summed E-state index contributed by atoms with van der Waals surface area (Å²) in [6, 6.07) is 25.1. The maximum absolute atomic E-state index is 13.5. The van der Waals surface area contributed by atoms with Crippen LogP contribution in [0, 0.1) is 16.7 Å². The molecule has 198 valence electrons. The van der Waals surface area contributed by atoms with Gasteiger partial charge in [-0.3, -0.25) is 15.0 Å². The summed E-state index contributed by atoms with van der Waals surface area (Å²) < 4.78 is 11.2. The van der Waals surface area contributed by atoms with E-state index in [4.69, 9.17) is 20.6 Å². The molecule has 1 amide bonds. The predicted molar refractivity (Wildman–Crippen MR) is 148 cm³/mol. The standard InChI is InChI=1S/C31H35N3O4/c1-21-27(20-38-26-17-15-24(16-18-26)23-11-13-25(14-12-23)28(32)33)34(29(35)31(21,2)30(36)37-3)19-7-10-22-8-5-4-6-9-22/h4-6,8-9,11-18,21,27H,7,10,19-20H2,1-3H3,(H3,32,33)/t21?,27-,31+/m1/s1. The number of hydrogen-bond acceptors (Lipinski definition) is 5. The minimum absolute atomic E-state index is 0.0392. The summed E-state index contributed by atoms with van der Waals surface area (Å²) in [4.78, 5) is 28.0. The second-order valence-electron chi connectivity index (χ2n) is 9.96. The van der Waals surface area contributed by atoms with Crippen LogP contribution in [0.15, 0.2) is 78.9 Å².